The summed E-state index contributed by atoms with van der Waals surface area (Å²) in [5, 5.41) is 0. The van der Waals surface area contributed by atoms with Gasteiger partial charge in [-0.3, -0.25) is 0 Å². The molecule has 0 aromatic rings. The van der Waals surface area contributed by atoms with E-state index in [-0.39, 0.29) is 6.10 Å². The molecule has 2 saturated carbocycles. The molecule has 15 heavy (non-hydrogen) atoms. The smallest absolute Gasteiger partial charge is 0.0958 e. The maximum atomic E-state index is 6.16. The van der Waals surface area contributed by atoms with Crippen LogP contribution in [-0.2, 0) is 9.47 Å². The number of halogens is 1. The summed E-state index contributed by atoms with van der Waals surface area (Å²) in [5.41, 5.74) is 0. The van der Waals surface area contributed by atoms with Crippen LogP contribution in [0.5, 0.6) is 0 Å². The molecule has 0 N–H and O–H groups in total. The number of alkyl halides is 1. The first-order chi connectivity index (χ1) is 7.22. The van der Waals surface area contributed by atoms with Crippen LogP contribution in [0.3, 0.4) is 0 Å². The summed E-state index contributed by atoms with van der Waals surface area (Å²) in [4.78, 5) is 0.492. The number of methoxy groups -OCH3 is 1. The van der Waals surface area contributed by atoms with Gasteiger partial charge in [0.05, 0.1) is 18.3 Å². The third kappa shape index (κ3) is 2.56. The average Bonchev–Trinajstić information content (AvgIpc) is 2.20. The average molecular weight is 277 g/mol. The molecule has 2 aliphatic carbocycles. The molecule has 2 aliphatic rings. The van der Waals surface area contributed by atoms with E-state index in [9.17, 15) is 0 Å². The van der Waals surface area contributed by atoms with Gasteiger partial charge in [0.15, 0.2) is 0 Å². The minimum atomic E-state index is 0.263. The first kappa shape index (κ1) is 11.9. The molecule has 0 saturated heterocycles. The molecular formula is C12H21BrO2. The Bertz CT molecular complexity index is 210. The van der Waals surface area contributed by atoms with Crippen molar-refractivity contribution in [1.29, 1.82) is 0 Å². The Kier molecular flexibility index (Phi) is 4.08. The summed E-state index contributed by atoms with van der Waals surface area (Å²) in [6, 6.07) is 0. The van der Waals surface area contributed by atoms with Crippen molar-refractivity contribution >= 4 is 15.9 Å². The van der Waals surface area contributed by atoms with Crippen molar-refractivity contribution in [3.8, 4) is 0 Å². The Hall–Kier alpha value is 0.400. The van der Waals surface area contributed by atoms with E-state index in [0.29, 0.717) is 17.0 Å². The first-order valence-corrected chi connectivity index (χ1v) is 6.96. The van der Waals surface area contributed by atoms with Gasteiger partial charge in [0.25, 0.3) is 0 Å². The zero-order valence-corrected chi connectivity index (χ0v) is 11.2. The maximum Gasteiger partial charge on any atom is 0.0958 e. The lowest BCUT2D eigenvalue weighted by Crippen LogP contribution is -2.52. The molecule has 3 heteroatoms. The summed E-state index contributed by atoms with van der Waals surface area (Å²) in [7, 11) is 1.78. The quantitative estimate of drug-likeness (QED) is 0.738. The Labute approximate surface area is 101 Å². The number of hydrogen-bond acceptors (Lipinski definition) is 2. The van der Waals surface area contributed by atoms with Crippen molar-refractivity contribution in [3.05, 3.63) is 0 Å². The highest BCUT2D eigenvalue weighted by Crippen LogP contribution is 2.36. The molecule has 2 fully saturated rings. The fourth-order valence-electron chi connectivity index (χ4n) is 2.67. The molecule has 0 amide bonds. The molecule has 5 atom stereocenters. The zero-order valence-electron chi connectivity index (χ0n) is 9.62. The maximum absolute atomic E-state index is 6.16. The lowest BCUT2D eigenvalue weighted by Gasteiger charge is -2.43. The number of hydrogen-bond donors (Lipinski definition) is 0. The number of ether oxygens (including phenoxy) is 2. The second kappa shape index (κ2) is 5.15. The number of rotatable bonds is 3. The Morgan fingerprint density at radius 1 is 1.13 bits per heavy atom. The van der Waals surface area contributed by atoms with Gasteiger partial charge in [-0.05, 0) is 25.2 Å². The van der Waals surface area contributed by atoms with Gasteiger partial charge in [0.2, 0.25) is 0 Å². The van der Waals surface area contributed by atoms with E-state index in [0.717, 1.165) is 12.3 Å². The zero-order chi connectivity index (χ0) is 10.8. The second-order valence-corrected chi connectivity index (χ2v) is 6.10. The summed E-state index contributed by atoms with van der Waals surface area (Å²) >= 11 is 3.60. The van der Waals surface area contributed by atoms with Crippen molar-refractivity contribution in [2.45, 2.75) is 62.2 Å². The molecule has 0 radical (unpaired) electrons. The molecule has 2 nitrogen and oxygen atoms in total. The largest absolute Gasteiger partial charge is 0.378 e. The van der Waals surface area contributed by atoms with Crippen LogP contribution in [0.2, 0.25) is 0 Å². The topological polar surface area (TPSA) is 18.5 Å². The van der Waals surface area contributed by atoms with E-state index in [2.05, 4.69) is 22.9 Å². The monoisotopic (exact) mass is 276 g/mol. The van der Waals surface area contributed by atoms with Crippen molar-refractivity contribution in [1.82, 2.24) is 0 Å². The highest BCUT2D eigenvalue weighted by atomic mass is 79.9. The van der Waals surface area contributed by atoms with Gasteiger partial charge in [0.1, 0.15) is 0 Å². The van der Waals surface area contributed by atoms with Crippen LogP contribution in [0.1, 0.15) is 39.0 Å². The van der Waals surface area contributed by atoms with Crippen LogP contribution < -0.4 is 0 Å². The summed E-state index contributed by atoms with van der Waals surface area (Å²) in [6.45, 7) is 2.32. The van der Waals surface area contributed by atoms with E-state index < -0.39 is 0 Å². The minimum absolute atomic E-state index is 0.263. The molecule has 5 unspecified atom stereocenters. The molecule has 2 rings (SSSR count). The van der Waals surface area contributed by atoms with Crippen molar-refractivity contribution in [2.75, 3.05) is 7.11 Å². The van der Waals surface area contributed by atoms with Crippen LogP contribution in [-0.4, -0.2) is 30.2 Å². The van der Waals surface area contributed by atoms with Crippen molar-refractivity contribution in [2.24, 2.45) is 5.92 Å². The van der Waals surface area contributed by atoms with Crippen molar-refractivity contribution in [3.63, 3.8) is 0 Å². The predicted molar refractivity (Wildman–Crippen MR) is 64.4 cm³/mol. The fraction of sp³-hybridized carbons (Fsp3) is 1.00. The van der Waals surface area contributed by atoms with Gasteiger partial charge < -0.3 is 9.47 Å². The molecule has 0 spiro atoms. The predicted octanol–water partition coefficient (Wildman–Crippen LogP) is 3.13. The third-order valence-electron chi connectivity index (χ3n) is 3.83. The lowest BCUT2D eigenvalue weighted by atomic mass is 9.86. The molecule has 0 aromatic carbocycles. The van der Waals surface area contributed by atoms with Crippen LogP contribution in [0.15, 0.2) is 0 Å². The Morgan fingerprint density at radius 3 is 2.47 bits per heavy atom. The Balaban J connectivity index is 1.81. The molecular weight excluding hydrogens is 256 g/mol. The normalized spacial score (nSPS) is 46.2. The first-order valence-electron chi connectivity index (χ1n) is 6.04. The van der Waals surface area contributed by atoms with Crippen LogP contribution in [0, 0.1) is 5.92 Å². The third-order valence-corrected chi connectivity index (χ3v) is 4.73. The summed E-state index contributed by atoms with van der Waals surface area (Å²) < 4.78 is 11.6. The van der Waals surface area contributed by atoms with Gasteiger partial charge in [-0.15, -0.1) is 0 Å². The van der Waals surface area contributed by atoms with Crippen LogP contribution in [0.25, 0.3) is 0 Å². The van der Waals surface area contributed by atoms with Gasteiger partial charge in [-0.25, -0.2) is 0 Å². The molecule has 0 bridgehead atoms. The van der Waals surface area contributed by atoms with Gasteiger partial charge in [-0.1, -0.05) is 35.7 Å². The SMILES string of the molecule is COC1C(Br)CC1OC1CCCCC1C. The van der Waals surface area contributed by atoms with E-state index in [4.69, 9.17) is 9.47 Å². The second-order valence-electron chi connectivity index (χ2n) is 4.93. The minimum Gasteiger partial charge on any atom is -0.378 e. The van der Waals surface area contributed by atoms with E-state index >= 15 is 0 Å². The standard InChI is InChI=1S/C12H21BrO2/c1-8-5-3-4-6-10(8)15-11-7-9(13)12(11)14-2/h8-12H,3-7H2,1-2H3. The highest BCUT2D eigenvalue weighted by molar-refractivity contribution is 9.09. The van der Waals surface area contributed by atoms with Crippen LogP contribution >= 0.6 is 15.9 Å². The summed E-state index contributed by atoms with van der Waals surface area (Å²) in [6.07, 6.45) is 7.43. The lowest BCUT2D eigenvalue weighted by molar-refractivity contribution is -0.151. The fourth-order valence-corrected chi connectivity index (χ4v) is 3.59. The molecule has 0 aliphatic heterocycles. The molecule has 0 aromatic heterocycles. The molecule has 88 valence electrons. The van der Waals surface area contributed by atoms with Crippen molar-refractivity contribution < 1.29 is 9.47 Å². The Morgan fingerprint density at radius 2 is 1.87 bits per heavy atom. The van der Waals surface area contributed by atoms with E-state index in [1.165, 1.54) is 25.7 Å². The van der Waals surface area contributed by atoms with Gasteiger partial charge in [0, 0.05) is 11.9 Å². The van der Waals surface area contributed by atoms with Gasteiger partial charge >= 0.3 is 0 Å². The highest BCUT2D eigenvalue weighted by Gasteiger charge is 2.42. The molecule has 0 heterocycles. The van der Waals surface area contributed by atoms with Crippen LogP contribution in [0.4, 0.5) is 0 Å². The summed E-state index contributed by atoms with van der Waals surface area (Å²) in [5.74, 6) is 0.727. The van der Waals surface area contributed by atoms with E-state index in [1.54, 1.807) is 7.11 Å². The van der Waals surface area contributed by atoms with Gasteiger partial charge in [-0.2, -0.15) is 0 Å². The van der Waals surface area contributed by atoms with E-state index in [1.807, 2.05) is 0 Å².